The first kappa shape index (κ1) is 24.1. The quantitative estimate of drug-likeness (QED) is 0.383. The van der Waals surface area contributed by atoms with Gasteiger partial charge >= 0.3 is 0 Å². The van der Waals surface area contributed by atoms with Crippen LogP contribution in [0.15, 0.2) is 43.1 Å². The van der Waals surface area contributed by atoms with Gasteiger partial charge in [0.2, 0.25) is 0 Å². The van der Waals surface area contributed by atoms with Gasteiger partial charge in [0.25, 0.3) is 0 Å². The maximum absolute atomic E-state index is 5.93. The highest BCUT2D eigenvalue weighted by molar-refractivity contribution is 5.25. The highest BCUT2D eigenvalue weighted by Crippen LogP contribution is 2.30. The van der Waals surface area contributed by atoms with Gasteiger partial charge in [0.05, 0.1) is 18.2 Å². The Kier molecular flexibility index (Phi) is 12.2. The van der Waals surface area contributed by atoms with Crippen molar-refractivity contribution in [2.75, 3.05) is 14.2 Å². The number of allylic oxidation sites excluding steroid dienone is 3. The van der Waals surface area contributed by atoms with E-state index in [0.717, 1.165) is 24.1 Å². The molecular weight excluding hydrogens is 344 g/mol. The van der Waals surface area contributed by atoms with Crippen LogP contribution in [0.3, 0.4) is 0 Å². The maximum Gasteiger partial charge on any atom is 0.0975 e. The zero-order valence-corrected chi connectivity index (χ0v) is 18.4. The average molecular weight is 383 g/mol. The lowest BCUT2D eigenvalue weighted by molar-refractivity contribution is 0.0585. The Bertz CT molecular complexity index is 656. The smallest absolute Gasteiger partial charge is 0.0975 e. The van der Waals surface area contributed by atoms with Crippen molar-refractivity contribution in [1.82, 2.24) is 10.3 Å². The largest absolute Gasteiger partial charge is 0.375 e. The summed E-state index contributed by atoms with van der Waals surface area (Å²) in [5.41, 5.74) is 2.13. The van der Waals surface area contributed by atoms with E-state index in [1.54, 1.807) is 7.11 Å². The minimum Gasteiger partial charge on any atom is -0.375 e. The van der Waals surface area contributed by atoms with E-state index in [4.69, 9.17) is 4.74 Å². The van der Waals surface area contributed by atoms with Gasteiger partial charge in [-0.25, -0.2) is 0 Å². The SMILES string of the molecule is C=CC(C)C(CCC)C[C@H](NC)[C@H](OC)c1ccnc(CC#C/C=C\CC)c1. The van der Waals surface area contributed by atoms with E-state index in [-0.39, 0.29) is 12.1 Å². The molecule has 1 aromatic heterocycles. The minimum absolute atomic E-state index is 0.0175. The molecule has 0 amide bonds. The predicted octanol–water partition coefficient (Wildman–Crippen LogP) is 5.50. The number of ether oxygens (including phenoxy) is 1. The molecule has 154 valence electrons. The lowest BCUT2D eigenvalue weighted by Crippen LogP contribution is -2.36. The van der Waals surface area contributed by atoms with Crippen LogP contribution in [0, 0.1) is 23.7 Å². The molecule has 0 saturated heterocycles. The first-order valence-corrected chi connectivity index (χ1v) is 10.5. The van der Waals surface area contributed by atoms with E-state index >= 15 is 0 Å². The van der Waals surface area contributed by atoms with Crippen LogP contribution in [-0.4, -0.2) is 25.2 Å². The number of pyridine rings is 1. The fourth-order valence-electron chi connectivity index (χ4n) is 3.56. The Balaban J connectivity index is 2.96. The fraction of sp³-hybridized carbons (Fsp3) is 0.560. The molecule has 0 fully saturated rings. The third kappa shape index (κ3) is 8.00. The van der Waals surface area contributed by atoms with Crippen molar-refractivity contribution >= 4 is 0 Å². The van der Waals surface area contributed by atoms with Crippen LogP contribution >= 0.6 is 0 Å². The first-order valence-electron chi connectivity index (χ1n) is 10.5. The van der Waals surface area contributed by atoms with E-state index in [9.17, 15) is 0 Å². The molecule has 0 saturated carbocycles. The zero-order chi connectivity index (χ0) is 20.8. The van der Waals surface area contributed by atoms with Gasteiger partial charge in [-0.1, -0.05) is 57.6 Å². The van der Waals surface area contributed by atoms with Crippen molar-refractivity contribution in [3.63, 3.8) is 0 Å². The van der Waals surface area contributed by atoms with Crippen LogP contribution < -0.4 is 5.32 Å². The van der Waals surface area contributed by atoms with Gasteiger partial charge in [-0.3, -0.25) is 4.98 Å². The van der Waals surface area contributed by atoms with Gasteiger partial charge in [0, 0.05) is 19.3 Å². The van der Waals surface area contributed by atoms with Crippen LogP contribution in [0.4, 0.5) is 0 Å². The van der Waals surface area contributed by atoms with Gasteiger partial charge in [-0.05, 0) is 55.5 Å². The molecule has 1 rings (SSSR count). The molecule has 28 heavy (non-hydrogen) atoms. The Morgan fingerprint density at radius 3 is 2.75 bits per heavy atom. The van der Waals surface area contributed by atoms with Crippen molar-refractivity contribution in [2.24, 2.45) is 11.8 Å². The first-order chi connectivity index (χ1) is 13.6. The van der Waals surface area contributed by atoms with Crippen LogP contribution in [0.25, 0.3) is 0 Å². The second kappa shape index (κ2) is 14.2. The minimum atomic E-state index is -0.0175. The molecule has 0 aliphatic rings. The molecular formula is C25H38N2O. The van der Waals surface area contributed by atoms with Gasteiger partial charge in [0.15, 0.2) is 0 Å². The van der Waals surface area contributed by atoms with Gasteiger partial charge in [-0.15, -0.1) is 6.58 Å². The second-order valence-corrected chi connectivity index (χ2v) is 7.32. The molecule has 1 aromatic rings. The van der Waals surface area contributed by atoms with E-state index in [2.05, 4.69) is 73.8 Å². The van der Waals surface area contributed by atoms with E-state index < -0.39 is 0 Å². The highest BCUT2D eigenvalue weighted by atomic mass is 16.5. The maximum atomic E-state index is 5.93. The topological polar surface area (TPSA) is 34.1 Å². The lowest BCUT2D eigenvalue weighted by atomic mass is 9.82. The lowest BCUT2D eigenvalue weighted by Gasteiger charge is -2.31. The number of hydrogen-bond acceptors (Lipinski definition) is 3. The molecule has 0 aliphatic carbocycles. The Hall–Kier alpha value is -1.89. The summed E-state index contributed by atoms with van der Waals surface area (Å²) in [6, 6.07) is 4.42. The third-order valence-electron chi connectivity index (χ3n) is 5.30. The Labute approximate surface area is 172 Å². The zero-order valence-electron chi connectivity index (χ0n) is 18.4. The molecule has 0 bridgehead atoms. The number of nitrogens with one attached hydrogen (secondary N) is 1. The highest BCUT2D eigenvalue weighted by Gasteiger charge is 2.26. The number of aromatic nitrogens is 1. The molecule has 3 nitrogen and oxygen atoms in total. The summed E-state index contributed by atoms with van der Waals surface area (Å²) in [6.45, 7) is 10.6. The van der Waals surface area contributed by atoms with E-state index in [1.807, 2.05) is 19.3 Å². The van der Waals surface area contributed by atoms with Crippen molar-refractivity contribution in [1.29, 1.82) is 0 Å². The Morgan fingerprint density at radius 2 is 2.14 bits per heavy atom. The van der Waals surface area contributed by atoms with E-state index in [0.29, 0.717) is 18.3 Å². The number of methoxy groups -OCH3 is 1. The summed E-state index contributed by atoms with van der Waals surface area (Å²) in [6.07, 6.45) is 13.0. The fourth-order valence-corrected chi connectivity index (χ4v) is 3.56. The third-order valence-corrected chi connectivity index (χ3v) is 5.30. The summed E-state index contributed by atoms with van der Waals surface area (Å²) >= 11 is 0. The number of rotatable bonds is 12. The van der Waals surface area contributed by atoms with Crippen LogP contribution in [0.1, 0.15) is 63.8 Å². The molecule has 3 heteroatoms. The summed E-state index contributed by atoms with van der Waals surface area (Å²) in [7, 11) is 3.81. The van der Waals surface area contributed by atoms with E-state index in [1.165, 1.54) is 12.8 Å². The van der Waals surface area contributed by atoms with Gasteiger partial charge in [0.1, 0.15) is 0 Å². The number of likely N-dealkylation sites (N-methyl/N-ethyl adjacent to an activating group) is 1. The van der Waals surface area contributed by atoms with Crippen LogP contribution in [0.2, 0.25) is 0 Å². The normalized spacial score (nSPS) is 15.5. The molecule has 2 unspecified atom stereocenters. The monoisotopic (exact) mass is 382 g/mol. The van der Waals surface area contributed by atoms with Crippen molar-refractivity contribution in [2.45, 2.75) is 65.0 Å². The summed E-state index contributed by atoms with van der Waals surface area (Å²) in [5.74, 6) is 7.32. The number of hydrogen-bond donors (Lipinski definition) is 1. The molecule has 4 atom stereocenters. The van der Waals surface area contributed by atoms with Gasteiger partial charge < -0.3 is 10.1 Å². The molecule has 1 heterocycles. The predicted molar refractivity (Wildman–Crippen MR) is 120 cm³/mol. The standard InChI is InChI=1S/C25H38N2O/c1-7-10-11-12-13-15-23-18-22(16-17-27-23)25(28-6)24(26-5)19-21(14-8-2)20(4)9-3/h9-11,16-18,20-21,24-26H,3,7-8,14-15,19H2,1-2,4-6H3/b11-10-/t20?,21?,24-,25+/m0/s1. The van der Waals surface area contributed by atoms with Crippen LogP contribution in [0.5, 0.6) is 0 Å². The van der Waals surface area contributed by atoms with Crippen molar-refractivity contribution in [3.8, 4) is 11.8 Å². The molecule has 0 radical (unpaired) electrons. The Morgan fingerprint density at radius 1 is 1.36 bits per heavy atom. The molecule has 1 N–H and O–H groups in total. The van der Waals surface area contributed by atoms with Crippen molar-refractivity contribution in [3.05, 3.63) is 54.4 Å². The summed E-state index contributed by atoms with van der Waals surface area (Å²) in [5, 5.41) is 3.49. The second-order valence-electron chi connectivity index (χ2n) is 7.32. The van der Waals surface area contributed by atoms with Gasteiger partial charge in [-0.2, -0.15) is 0 Å². The average Bonchev–Trinajstić information content (AvgIpc) is 2.72. The molecule has 0 aliphatic heterocycles. The molecule has 0 spiro atoms. The van der Waals surface area contributed by atoms with Crippen molar-refractivity contribution < 1.29 is 4.74 Å². The summed E-state index contributed by atoms with van der Waals surface area (Å²) < 4.78 is 5.93. The van der Waals surface area contributed by atoms with Crippen LogP contribution in [-0.2, 0) is 11.2 Å². The molecule has 0 aromatic carbocycles. The summed E-state index contributed by atoms with van der Waals surface area (Å²) in [4.78, 5) is 4.48. The number of nitrogens with zero attached hydrogens (tertiary/aromatic N) is 1.